The molecule has 122 valence electrons. The van der Waals surface area contributed by atoms with E-state index >= 15 is 0 Å². The molecule has 2 N–H and O–H groups in total. The number of carbonyl (C=O) groups is 2. The van der Waals surface area contributed by atoms with E-state index in [-0.39, 0.29) is 18.0 Å². The fraction of sp³-hybridized carbons (Fsp3) is 0.875. The average molecular weight is 298 g/mol. The van der Waals surface area contributed by atoms with Crippen LogP contribution in [0.5, 0.6) is 0 Å². The molecule has 0 aromatic heterocycles. The Labute approximate surface area is 128 Å². The summed E-state index contributed by atoms with van der Waals surface area (Å²) in [6.07, 6.45) is 3.72. The SMILES string of the molecule is CC(C)CC(CNC(=O)N1CCCC(C)(C)CC1)C(=O)O. The van der Waals surface area contributed by atoms with Crippen molar-refractivity contribution in [3.8, 4) is 0 Å². The van der Waals surface area contributed by atoms with Crippen LogP contribution in [0.3, 0.4) is 0 Å². The average Bonchev–Trinajstić information content (AvgIpc) is 2.54. The van der Waals surface area contributed by atoms with E-state index in [4.69, 9.17) is 0 Å². The minimum Gasteiger partial charge on any atom is -0.481 e. The largest absolute Gasteiger partial charge is 0.481 e. The molecule has 1 aliphatic heterocycles. The normalized spacial score (nSPS) is 20.0. The van der Waals surface area contributed by atoms with Crippen molar-refractivity contribution < 1.29 is 14.7 Å². The highest BCUT2D eigenvalue weighted by atomic mass is 16.4. The first-order chi connectivity index (χ1) is 9.71. The maximum Gasteiger partial charge on any atom is 0.317 e. The van der Waals surface area contributed by atoms with Crippen molar-refractivity contribution in [3.63, 3.8) is 0 Å². The Morgan fingerprint density at radius 3 is 2.48 bits per heavy atom. The van der Waals surface area contributed by atoms with Crippen molar-refractivity contribution >= 4 is 12.0 Å². The molecule has 1 rings (SSSR count). The second-order valence-electron chi connectivity index (χ2n) is 7.36. The second-order valence-corrected chi connectivity index (χ2v) is 7.36. The molecular weight excluding hydrogens is 268 g/mol. The number of aliphatic carboxylic acids is 1. The number of urea groups is 1. The van der Waals surface area contributed by atoms with Gasteiger partial charge in [-0.2, -0.15) is 0 Å². The van der Waals surface area contributed by atoms with Gasteiger partial charge in [0.1, 0.15) is 0 Å². The van der Waals surface area contributed by atoms with Crippen LogP contribution in [-0.2, 0) is 4.79 Å². The van der Waals surface area contributed by atoms with Crippen molar-refractivity contribution in [1.82, 2.24) is 10.2 Å². The van der Waals surface area contributed by atoms with Crippen molar-refractivity contribution in [2.75, 3.05) is 19.6 Å². The third-order valence-corrected chi connectivity index (χ3v) is 4.23. The number of hydrogen-bond donors (Lipinski definition) is 2. The van der Waals surface area contributed by atoms with E-state index in [1.165, 1.54) is 0 Å². The van der Waals surface area contributed by atoms with Crippen molar-refractivity contribution in [2.24, 2.45) is 17.3 Å². The Kier molecular flexibility index (Phi) is 6.49. The van der Waals surface area contributed by atoms with Gasteiger partial charge >= 0.3 is 12.0 Å². The number of nitrogens with zero attached hydrogens (tertiary/aromatic N) is 1. The smallest absolute Gasteiger partial charge is 0.317 e. The van der Waals surface area contributed by atoms with Crippen molar-refractivity contribution in [1.29, 1.82) is 0 Å². The number of likely N-dealkylation sites (tertiary alicyclic amines) is 1. The molecule has 1 saturated heterocycles. The van der Waals surface area contributed by atoms with E-state index in [0.29, 0.717) is 12.3 Å². The van der Waals surface area contributed by atoms with Gasteiger partial charge < -0.3 is 15.3 Å². The molecule has 0 aliphatic carbocycles. The Hall–Kier alpha value is -1.26. The van der Waals surface area contributed by atoms with E-state index in [9.17, 15) is 14.7 Å². The van der Waals surface area contributed by atoms with Crippen LogP contribution >= 0.6 is 0 Å². The molecule has 21 heavy (non-hydrogen) atoms. The Balaban J connectivity index is 2.46. The van der Waals surface area contributed by atoms with Gasteiger partial charge in [-0.1, -0.05) is 27.7 Å². The van der Waals surface area contributed by atoms with Gasteiger partial charge in [0.25, 0.3) is 0 Å². The minimum atomic E-state index is -0.832. The lowest BCUT2D eigenvalue weighted by molar-refractivity contribution is -0.142. The molecule has 0 radical (unpaired) electrons. The van der Waals surface area contributed by atoms with Crippen LogP contribution < -0.4 is 5.32 Å². The molecule has 1 fully saturated rings. The minimum absolute atomic E-state index is 0.122. The fourth-order valence-electron chi connectivity index (χ4n) is 2.79. The van der Waals surface area contributed by atoms with Crippen molar-refractivity contribution in [3.05, 3.63) is 0 Å². The lowest BCUT2D eigenvalue weighted by Crippen LogP contribution is -2.43. The van der Waals surface area contributed by atoms with Gasteiger partial charge in [-0.05, 0) is 37.0 Å². The zero-order chi connectivity index (χ0) is 16.0. The molecule has 1 unspecified atom stereocenters. The lowest BCUT2D eigenvalue weighted by atomic mass is 9.85. The highest BCUT2D eigenvalue weighted by molar-refractivity contribution is 5.76. The monoisotopic (exact) mass is 298 g/mol. The summed E-state index contributed by atoms with van der Waals surface area (Å²) in [6.45, 7) is 10.2. The number of carbonyl (C=O) groups excluding carboxylic acids is 1. The Bertz CT molecular complexity index is 367. The fourth-order valence-corrected chi connectivity index (χ4v) is 2.79. The quantitative estimate of drug-likeness (QED) is 0.820. The molecule has 0 spiro atoms. The molecule has 0 saturated carbocycles. The molecule has 0 bridgehead atoms. The maximum absolute atomic E-state index is 12.2. The molecule has 5 nitrogen and oxygen atoms in total. The first-order valence-corrected chi connectivity index (χ1v) is 7.97. The molecule has 0 aromatic carbocycles. The molecule has 1 aliphatic rings. The van der Waals surface area contributed by atoms with E-state index < -0.39 is 11.9 Å². The Morgan fingerprint density at radius 2 is 1.90 bits per heavy atom. The molecule has 1 heterocycles. The molecule has 2 amide bonds. The van der Waals surface area contributed by atoms with Crippen LogP contribution in [0.2, 0.25) is 0 Å². The number of carboxylic acids is 1. The number of hydrogen-bond acceptors (Lipinski definition) is 2. The van der Waals surface area contributed by atoms with E-state index in [1.807, 2.05) is 18.7 Å². The zero-order valence-corrected chi connectivity index (χ0v) is 13.8. The molecule has 0 aromatic rings. The number of carboxylic acid groups (broad SMARTS) is 1. The van der Waals surface area contributed by atoms with Crippen LogP contribution in [0.4, 0.5) is 4.79 Å². The standard InChI is InChI=1S/C16H30N2O3/c1-12(2)10-13(14(19)20)11-17-15(21)18-8-5-6-16(3,4)7-9-18/h12-13H,5-11H2,1-4H3,(H,17,21)(H,19,20). The van der Waals surface area contributed by atoms with Gasteiger partial charge in [-0.3, -0.25) is 4.79 Å². The summed E-state index contributed by atoms with van der Waals surface area (Å²) in [5.74, 6) is -1.03. The third-order valence-electron chi connectivity index (χ3n) is 4.23. The summed E-state index contributed by atoms with van der Waals surface area (Å²) in [5, 5.41) is 12.0. The second kappa shape index (κ2) is 7.66. The highest BCUT2D eigenvalue weighted by Gasteiger charge is 2.26. The Morgan fingerprint density at radius 1 is 1.24 bits per heavy atom. The van der Waals surface area contributed by atoms with E-state index in [0.717, 1.165) is 32.4 Å². The van der Waals surface area contributed by atoms with Gasteiger partial charge in [-0.25, -0.2) is 4.79 Å². The summed E-state index contributed by atoms with van der Waals surface area (Å²) in [6, 6.07) is -0.122. The first-order valence-electron chi connectivity index (χ1n) is 7.97. The number of rotatable bonds is 5. The third kappa shape index (κ3) is 6.36. The summed E-state index contributed by atoms with van der Waals surface area (Å²) in [7, 11) is 0. The van der Waals surface area contributed by atoms with Gasteiger partial charge in [0.05, 0.1) is 5.92 Å². The molecule has 5 heteroatoms. The van der Waals surface area contributed by atoms with Gasteiger partial charge in [0, 0.05) is 19.6 Å². The van der Waals surface area contributed by atoms with Gasteiger partial charge in [0.2, 0.25) is 0 Å². The van der Waals surface area contributed by atoms with Crippen molar-refractivity contribution in [2.45, 2.75) is 53.4 Å². The lowest BCUT2D eigenvalue weighted by Gasteiger charge is -2.24. The van der Waals surface area contributed by atoms with E-state index in [1.54, 1.807) is 0 Å². The van der Waals surface area contributed by atoms with E-state index in [2.05, 4.69) is 19.2 Å². The van der Waals surface area contributed by atoms with Crippen LogP contribution in [0.1, 0.15) is 53.4 Å². The van der Waals surface area contributed by atoms with Crippen LogP contribution in [-0.4, -0.2) is 41.6 Å². The summed E-state index contributed by atoms with van der Waals surface area (Å²) < 4.78 is 0. The van der Waals surface area contributed by atoms with Crippen LogP contribution in [0, 0.1) is 17.3 Å². The topological polar surface area (TPSA) is 69.6 Å². The highest BCUT2D eigenvalue weighted by Crippen LogP contribution is 2.29. The van der Waals surface area contributed by atoms with Crippen LogP contribution in [0.25, 0.3) is 0 Å². The molecule has 1 atom stereocenters. The van der Waals surface area contributed by atoms with Crippen LogP contribution in [0.15, 0.2) is 0 Å². The molecular formula is C16H30N2O3. The van der Waals surface area contributed by atoms with Gasteiger partial charge in [-0.15, -0.1) is 0 Å². The zero-order valence-electron chi connectivity index (χ0n) is 13.8. The first kappa shape index (κ1) is 17.8. The number of nitrogens with one attached hydrogen (secondary N) is 1. The van der Waals surface area contributed by atoms with Gasteiger partial charge in [0.15, 0.2) is 0 Å². The summed E-state index contributed by atoms with van der Waals surface area (Å²) in [4.78, 5) is 25.2. The number of amides is 2. The predicted octanol–water partition coefficient (Wildman–Crippen LogP) is 2.96. The predicted molar refractivity (Wildman–Crippen MR) is 83.2 cm³/mol. The summed E-state index contributed by atoms with van der Waals surface area (Å²) >= 11 is 0. The summed E-state index contributed by atoms with van der Waals surface area (Å²) in [5.41, 5.74) is 0.288. The maximum atomic E-state index is 12.2.